The fourth-order valence-corrected chi connectivity index (χ4v) is 2.29. The molecule has 1 heterocycles. The van der Waals surface area contributed by atoms with Gasteiger partial charge in [-0.2, -0.15) is 0 Å². The molecule has 0 unspecified atom stereocenters. The predicted octanol–water partition coefficient (Wildman–Crippen LogP) is 2.37. The molecule has 0 aliphatic heterocycles. The van der Waals surface area contributed by atoms with Crippen LogP contribution in [0.3, 0.4) is 0 Å². The summed E-state index contributed by atoms with van der Waals surface area (Å²) in [5.41, 5.74) is 1.14. The SMILES string of the molecule is CN=C(NCCNC(=O)c1ccco1)N(C)Cc1ccc(Cl)cc1. The van der Waals surface area contributed by atoms with Gasteiger partial charge in [-0.3, -0.25) is 9.79 Å². The highest BCUT2D eigenvalue weighted by Crippen LogP contribution is 2.10. The minimum atomic E-state index is -0.230. The van der Waals surface area contributed by atoms with Gasteiger partial charge in [-0.15, -0.1) is 0 Å². The van der Waals surface area contributed by atoms with Gasteiger partial charge >= 0.3 is 0 Å². The Morgan fingerprint density at radius 2 is 1.92 bits per heavy atom. The first-order chi connectivity index (χ1) is 11.6. The Labute approximate surface area is 146 Å². The lowest BCUT2D eigenvalue weighted by atomic mass is 10.2. The Bertz CT molecular complexity index is 668. The number of aliphatic imine (C=N–C) groups is 1. The molecule has 24 heavy (non-hydrogen) atoms. The zero-order valence-corrected chi connectivity index (χ0v) is 14.5. The van der Waals surface area contributed by atoms with E-state index in [1.807, 2.05) is 36.2 Å². The molecule has 7 heteroatoms. The van der Waals surface area contributed by atoms with Gasteiger partial charge in [0.15, 0.2) is 11.7 Å². The third-order valence-electron chi connectivity index (χ3n) is 3.35. The van der Waals surface area contributed by atoms with Crippen molar-refractivity contribution in [2.75, 3.05) is 27.2 Å². The maximum Gasteiger partial charge on any atom is 0.287 e. The summed E-state index contributed by atoms with van der Waals surface area (Å²) >= 11 is 5.89. The molecule has 1 amide bonds. The van der Waals surface area contributed by atoms with Crippen LogP contribution in [0.4, 0.5) is 0 Å². The number of carbonyl (C=O) groups is 1. The highest BCUT2D eigenvalue weighted by molar-refractivity contribution is 6.30. The van der Waals surface area contributed by atoms with E-state index >= 15 is 0 Å². The molecular weight excluding hydrogens is 328 g/mol. The minimum Gasteiger partial charge on any atom is -0.459 e. The summed E-state index contributed by atoms with van der Waals surface area (Å²) in [6.07, 6.45) is 1.47. The monoisotopic (exact) mass is 348 g/mol. The summed E-state index contributed by atoms with van der Waals surface area (Å²) in [4.78, 5) is 18.0. The molecule has 0 bridgehead atoms. The highest BCUT2D eigenvalue weighted by atomic mass is 35.5. The first kappa shape index (κ1) is 17.9. The zero-order valence-electron chi connectivity index (χ0n) is 13.8. The standard InChI is InChI=1S/C17H21ClN4O2/c1-19-17(22(2)12-13-5-7-14(18)8-6-13)21-10-9-20-16(23)15-4-3-11-24-15/h3-8,11H,9-10,12H2,1-2H3,(H,19,21)(H,20,23). The van der Waals surface area contributed by atoms with Gasteiger partial charge in [0, 0.05) is 38.8 Å². The number of rotatable bonds is 6. The van der Waals surface area contributed by atoms with E-state index in [1.54, 1.807) is 19.2 Å². The van der Waals surface area contributed by atoms with Crippen LogP contribution in [-0.4, -0.2) is 44.0 Å². The second-order valence-electron chi connectivity index (χ2n) is 5.19. The fourth-order valence-electron chi connectivity index (χ4n) is 2.17. The molecule has 2 aromatic rings. The largest absolute Gasteiger partial charge is 0.459 e. The van der Waals surface area contributed by atoms with E-state index in [2.05, 4.69) is 15.6 Å². The van der Waals surface area contributed by atoms with Crippen LogP contribution in [0.1, 0.15) is 16.1 Å². The third-order valence-corrected chi connectivity index (χ3v) is 3.60. The van der Waals surface area contributed by atoms with Gasteiger partial charge in [-0.05, 0) is 29.8 Å². The van der Waals surface area contributed by atoms with Crippen LogP contribution >= 0.6 is 11.6 Å². The molecule has 0 saturated carbocycles. The van der Waals surface area contributed by atoms with Crippen LogP contribution in [0.15, 0.2) is 52.1 Å². The van der Waals surface area contributed by atoms with E-state index in [0.717, 1.165) is 16.5 Å². The Kier molecular flexibility index (Phi) is 6.69. The number of nitrogens with zero attached hydrogens (tertiary/aromatic N) is 2. The van der Waals surface area contributed by atoms with Crippen molar-refractivity contribution in [1.82, 2.24) is 15.5 Å². The summed E-state index contributed by atoms with van der Waals surface area (Å²) in [6.45, 7) is 1.73. The number of nitrogens with one attached hydrogen (secondary N) is 2. The lowest BCUT2D eigenvalue weighted by molar-refractivity contribution is 0.0926. The summed E-state index contributed by atoms with van der Waals surface area (Å²) in [7, 11) is 3.67. The van der Waals surface area contributed by atoms with Gasteiger partial charge in [-0.1, -0.05) is 23.7 Å². The molecule has 1 aromatic heterocycles. The van der Waals surface area contributed by atoms with Crippen molar-refractivity contribution in [3.63, 3.8) is 0 Å². The first-order valence-electron chi connectivity index (χ1n) is 7.58. The van der Waals surface area contributed by atoms with Crippen molar-refractivity contribution in [3.8, 4) is 0 Å². The summed E-state index contributed by atoms with van der Waals surface area (Å²) in [5, 5.41) is 6.70. The second-order valence-corrected chi connectivity index (χ2v) is 5.63. The molecule has 128 valence electrons. The second kappa shape index (κ2) is 8.98. The molecular formula is C17H21ClN4O2. The van der Waals surface area contributed by atoms with Gasteiger partial charge in [0.25, 0.3) is 5.91 Å². The van der Waals surface area contributed by atoms with Crippen molar-refractivity contribution in [1.29, 1.82) is 0 Å². The zero-order chi connectivity index (χ0) is 17.4. The Balaban J connectivity index is 1.75. The van der Waals surface area contributed by atoms with E-state index < -0.39 is 0 Å². The number of furan rings is 1. The molecule has 1 aromatic carbocycles. The topological polar surface area (TPSA) is 69.9 Å². The molecule has 0 saturated heterocycles. The third kappa shape index (κ3) is 5.31. The van der Waals surface area contributed by atoms with Gasteiger partial charge in [0.2, 0.25) is 0 Å². The molecule has 2 rings (SSSR count). The number of hydrogen-bond acceptors (Lipinski definition) is 3. The number of halogens is 1. The van der Waals surface area contributed by atoms with Crippen LogP contribution in [0.2, 0.25) is 5.02 Å². The minimum absolute atomic E-state index is 0.230. The van der Waals surface area contributed by atoms with E-state index in [9.17, 15) is 4.79 Å². The van der Waals surface area contributed by atoms with Crippen molar-refractivity contribution >= 4 is 23.5 Å². The lowest BCUT2D eigenvalue weighted by Crippen LogP contribution is -2.42. The maximum absolute atomic E-state index is 11.7. The quantitative estimate of drug-likeness (QED) is 0.477. The smallest absolute Gasteiger partial charge is 0.287 e. The first-order valence-corrected chi connectivity index (χ1v) is 7.96. The summed E-state index contributed by atoms with van der Waals surface area (Å²) < 4.78 is 5.03. The lowest BCUT2D eigenvalue weighted by Gasteiger charge is -2.22. The predicted molar refractivity (Wildman–Crippen MR) is 95.3 cm³/mol. The van der Waals surface area contributed by atoms with E-state index in [0.29, 0.717) is 25.4 Å². The Morgan fingerprint density at radius 1 is 1.21 bits per heavy atom. The molecule has 0 aliphatic rings. The Hall–Kier alpha value is -2.47. The molecule has 0 spiro atoms. The number of benzene rings is 1. The van der Waals surface area contributed by atoms with Crippen LogP contribution < -0.4 is 10.6 Å². The number of guanidine groups is 1. The average Bonchev–Trinajstić information content (AvgIpc) is 3.11. The van der Waals surface area contributed by atoms with Crippen LogP contribution in [0.25, 0.3) is 0 Å². The van der Waals surface area contributed by atoms with Crippen molar-refractivity contribution in [2.24, 2.45) is 4.99 Å². The normalized spacial score (nSPS) is 11.2. The summed E-state index contributed by atoms with van der Waals surface area (Å²) in [5.74, 6) is 0.822. The molecule has 6 nitrogen and oxygen atoms in total. The molecule has 0 fully saturated rings. The van der Waals surface area contributed by atoms with Crippen LogP contribution in [0.5, 0.6) is 0 Å². The van der Waals surface area contributed by atoms with Crippen molar-refractivity contribution in [2.45, 2.75) is 6.54 Å². The van der Waals surface area contributed by atoms with E-state index in [1.165, 1.54) is 6.26 Å². The van der Waals surface area contributed by atoms with E-state index in [4.69, 9.17) is 16.0 Å². The highest BCUT2D eigenvalue weighted by Gasteiger charge is 2.09. The molecule has 2 N–H and O–H groups in total. The molecule has 0 radical (unpaired) electrons. The Morgan fingerprint density at radius 3 is 2.54 bits per heavy atom. The van der Waals surface area contributed by atoms with Gasteiger partial charge in [0.1, 0.15) is 0 Å². The van der Waals surface area contributed by atoms with Gasteiger partial charge in [0.05, 0.1) is 6.26 Å². The maximum atomic E-state index is 11.7. The number of carbonyl (C=O) groups excluding carboxylic acids is 1. The molecule has 0 aliphatic carbocycles. The van der Waals surface area contributed by atoms with Crippen LogP contribution in [0, 0.1) is 0 Å². The molecule has 0 atom stereocenters. The van der Waals surface area contributed by atoms with E-state index in [-0.39, 0.29) is 5.91 Å². The fraction of sp³-hybridized carbons (Fsp3) is 0.294. The number of amides is 1. The van der Waals surface area contributed by atoms with Crippen LogP contribution in [-0.2, 0) is 6.54 Å². The number of hydrogen-bond donors (Lipinski definition) is 2. The summed E-state index contributed by atoms with van der Waals surface area (Å²) in [6, 6.07) is 11.0. The van der Waals surface area contributed by atoms with Crippen molar-refractivity contribution < 1.29 is 9.21 Å². The van der Waals surface area contributed by atoms with Crippen molar-refractivity contribution in [3.05, 3.63) is 59.0 Å². The van der Waals surface area contributed by atoms with Gasteiger partial charge in [-0.25, -0.2) is 0 Å². The average molecular weight is 349 g/mol. The van der Waals surface area contributed by atoms with Gasteiger partial charge < -0.3 is 20.0 Å².